The molecule has 0 bridgehead atoms. The predicted octanol–water partition coefficient (Wildman–Crippen LogP) is 4.00. The van der Waals surface area contributed by atoms with Gasteiger partial charge in [-0.25, -0.2) is 23.5 Å². The lowest BCUT2D eigenvalue weighted by Crippen LogP contribution is -2.47. The highest BCUT2D eigenvalue weighted by atomic mass is 35.5. The highest BCUT2D eigenvalue weighted by Crippen LogP contribution is 2.29. The molecule has 1 aromatic heterocycles. The van der Waals surface area contributed by atoms with E-state index < -0.39 is 36.4 Å². The Morgan fingerprint density at radius 2 is 1.78 bits per heavy atom. The van der Waals surface area contributed by atoms with Gasteiger partial charge in [-0.05, 0) is 43.7 Å². The number of esters is 2. The van der Waals surface area contributed by atoms with Crippen molar-refractivity contribution in [3.63, 3.8) is 0 Å². The zero-order valence-electron chi connectivity index (χ0n) is 19.4. The predicted molar refractivity (Wildman–Crippen MR) is 128 cm³/mol. The summed E-state index contributed by atoms with van der Waals surface area (Å²) >= 11 is 6.41. The van der Waals surface area contributed by atoms with Gasteiger partial charge in [0.25, 0.3) is 0 Å². The van der Waals surface area contributed by atoms with Gasteiger partial charge in [-0.1, -0.05) is 41.9 Å². The number of carbonyl (C=O) groups excluding carboxylic acids is 3. The van der Waals surface area contributed by atoms with Crippen molar-refractivity contribution in [2.24, 2.45) is 0 Å². The number of halogens is 2. The van der Waals surface area contributed by atoms with Gasteiger partial charge in [-0.3, -0.25) is 0 Å². The van der Waals surface area contributed by atoms with Crippen molar-refractivity contribution in [2.45, 2.75) is 19.9 Å². The molecule has 0 aliphatic carbocycles. The molecule has 0 radical (unpaired) electrons. The van der Waals surface area contributed by atoms with Crippen molar-refractivity contribution >= 4 is 29.6 Å². The van der Waals surface area contributed by atoms with Gasteiger partial charge in [0, 0.05) is 0 Å². The Morgan fingerprint density at radius 1 is 1.08 bits per heavy atom. The van der Waals surface area contributed by atoms with Crippen molar-refractivity contribution in [3.8, 4) is 5.69 Å². The average Bonchev–Trinajstić information content (AvgIpc) is 3.17. The molecule has 2 amide bonds. The molecule has 36 heavy (non-hydrogen) atoms. The van der Waals surface area contributed by atoms with Gasteiger partial charge >= 0.3 is 18.0 Å². The SMILES string of the molecule is CCOC(=O)C1=C(COC(=O)c2c(C)nn(-c3ccc(F)cc3)c2Cl)NC(=O)N[C@@H]1c1ccccc1. The van der Waals surface area contributed by atoms with Gasteiger partial charge in [-0.15, -0.1) is 0 Å². The van der Waals surface area contributed by atoms with E-state index in [1.165, 1.54) is 28.9 Å². The molecule has 0 unspecified atom stereocenters. The fourth-order valence-corrected chi connectivity index (χ4v) is 4.12. The first-order valence-electron chi connectivity index (χ1n) is 11.0. The molecular weight excluding hydrogens is 491 g/mol. The van der Waals surface area contributed by atoms with E-state index in [4.69, 9.17) is 21.1 Å². The molecule has 0 fully saturated rings. The van der Waals surface area contributed by atoms with Crippen LogP contribution in [0, 0.1) is 12.7 Å². The number of aromatic nitrogens is 2. The minimum Gasteiger partial charge on any atom is -0.463 e. The molecule has 2 aromatic carbocycles. The summed E-state index contributed by atoms with van der Waals surface area (Å²) < 4.78 is 25.2. The molecule has 11 heteroatoms. The molecule has 3 aromatic rings. The van der Waals surface area contributed by atoms with Crippen LogP contribution in [0.1, 0.15) is 34.6 Å². The Hall–Kier alpha value is -4.18. The quantitative estimate of drug-likeness (QED) is 0.463. The molecule has 1 aliphatic heterocycles. The summed E-state index contributed by atoms with van der Waals surface area (Å²) in [4.78, 5) is 38.2. The van der Waals surface area contributed by atoms with Crippen LogP contribution >= 0.6 is 11.6 Å². The van der Waals surface area contributed by atoms with Gasteiger partial charge in [0.1, 0.15) is 23.1 Å². The maximum atomic E-state index is 13.3. The highest BCUT2D eigenvalue weighted by molar-refractivity contribution is 6.33. The number of hydrogen-bond donors (Lipinski definition) is 2. The Bertz CT molecular complexity index is 1340. The van der Waals surface area contributed by atoms with Crippen LogP contribution in [-0.4, -0.2) is 41.0 Å². The molecule has 0 saturated heterocycles. The minimum absolute atomic E-state index is 0.000790. The van der Waals surface area contributed by atoms with Gasteiger partial charge in [-0.2, -0.15) is 5.10 Å². The molecule has 0 spiro atoms. The second-order valence-electron chi connectivity index (χ2n) is 7.77. The molecule has 4 rings (SSSR count). The van der Waals surface area contributed by atoms with Gasteiger partial charge in [0.05, 0.1) is 35.3 Å². The van der Waals surface area contributed by atoms with E-state index >= 15 is 0 Å². The van der Waals surface area contributed by atoms with E-state index in [1.807, 2.05) is 0 Å². The van der Waals surface area contributed by atoms with Crippen LogP contribution in [-0.2, 0) is 14.3 Å². The smallest absolute Gasteiger partial charge is 0.343 e. The Balaban J connectivity index is 1.63. The lowest BCUT2D eigenvalue weighted by atomic mass is 9.95. The number of amides is 2. The first-order chi connectivity index (χ1) is 17.3. The second-order valence-corrected chi connectivity index (χ2v) is 8.13. The lowest BCUT2D eigenvalue weighted by molar-refractivity contribution is -0.139. The summed E-state index contributed by atoms with van der Waals surface area (Å²) in [7, 11) is 0. The van der Waals surface area contributed by atoms with E-state index in [2.05, 4.69) is 15.7 Å². The maximum absolute atomic E-state index is 13.3. The van der Waals surface area contributed by atoms with Gasteiger partial charge < -0.3 is 20.1 Å². The van der Waals surface area contributed by atoms with Crippen LogP contribution in [0.15, 0.2) is 65.9 Å². The van der Waals surface area contributed by atoms with E-state index in [-0.39, 0.29) is 34.3 Å². The van der Waals surface area contributed by atoms with Crippen molar-refractivity contribution < 1.29 is 28.2 Å². The maximum Gasteiger partial charge on any atom is 0.343 e. The number of ether oxygens (including phenoxy) is 2. The number of hydrogen-bond acceptors (Lipinski definition) is 6. The number of aryl methyl sites for hydroxylation is 1. The number of nitrogens with zero attached hydrogens (tertiary/aromatic N) is 2. The second kappa shape index (κ2) is 10.6. The molecule has 186 valence electrons. The molecule has 2 N–H and O–H groups in total. The van der Waals surface area contributed by atoms with E-state index in [9.17, 15) is 18.8 Å². The molecule has 1 aliphatic rings. The summed E-state index contributed by atoms with van der Waals surface area (Å²) in [6, 6.07) is 12.9. The number of carbonyl (C=O) groups is 3. The van der Waals surface area contributed by atoms with Crippen LogP contribution in [0.3, 0.4) is 0 Å². The first kappa shape index (κ1) is 24.9. The largest absolute Gasteiger partial charge is 0.463 e. The van der Waals surface area contributed by atoms with Crippen molar-refractivity contribution in [3.05, 3.63) is 93.7 Å². The summed E-state index contributed by atoms with van der Waals surface area (Å²) in [5.41, 5.74) is 1.58. The van der Waals surface area contributed by atoms with Crippen LogP contribution in [0.2, 0.25) is 5.15 Å². The summed E-state index contributed by atoms with van der Waals surface area (Å²) in [5.74, 6) is -1.91. The molecular formula is C25H22ClFN4O5. The number of rotatable bonds is 7. The van der Waals surface area contributed by atoms with Crippen LogP contribution < -0.4 is 10.6 Å². The molecule has 1 atom stereocenters. The third-order valence-corrected chi connectivity index (χ3v) is 5.76. The summed E-state index contributed by atoms with van der Waals surface area (Å²) in [6.45, 7) is 2.92. The number of benzene rings is 2. The van der Waals surface area contributed by atoms with Crippen LogP contribution in [0.5, 0.6) is 0 Å². The van der Waals surface area contributed by atoms with Crippen molar-refractivity contribution in [1.82, 2.24) is 20.4 Å². The fourth-order valence-electron chi connectivity index (χ4n) is 3.77. The first-order valence-corrected chi connectivity index (χ1v) is 11.4. The van der Waals surface area contributed by atoms with E-state index in [1.54, 1.807) is 44.2 Å². The minimum atomic E-state index is -0.814. The zero-order valence-corrected chi connectivity index (χ0v) is 20.1. The summed E-state index contributed by atoms with van der Waals surface area (Å²) in [6.07, 6.45) is 0. The average molecular weight is 513 g/mol. The van der Waals surface area contributed by atoms with Crippen LogP contribution in [0.25, 0.3) is 5.69 Å². The number of nitrogens with one attached hydrogen (secondary N) is 2. The Labute approximate surface area is 210 Å². The van der Waals surface area contributed by atoms with Crippen LogP contribution in [0.4, 0.5) is 9.18 Å². The molecule has 2 heterocycles. The van der Waals surface area contributed by atoms with Gasteiger partial charge in [0.2, 0.25) is 0 Å². The van der Waals surface area contributed by atoms with Gasteiger partial charge in [0.15, 0.2) is 0 Å². The van der Waals surface area contributed by atoms with E-state index in [0.29, 0.717) is 11.3 Å². The standard InChI is InChI=1S/C25H22ClFN4O5/c1-3-35-24(33)20-18(28-25(34)29-21(20)15-7-5-4-6-8-15)13-36-23(32)19-14(2)30-31(22(19)26)17-11-9-16(27)10-12-17/h4-12,21H,3,13H2,1-2H3,(H2,28,29,34)/t21-/m1/s1. The third kappa shape index (κ3) is 5.08. The Morgan fingerprint density at radius 3 is 2.44 bits per heavy atom. The van der Waals surface area contributed by atoms with Crippen molar-refractivity contribution in [2.75, 3.05) is 13.2 Å². The summed E-state index contributed by atoms with van der Waals surface area (Å²) in [5, 5.41) is 9.47. The fraction of sp³-hybridized carbons (Fsp3) is 0.200. The van der Waals surface area contributed by atoms with Crippen molar-refractivity contribution in [1.29, 1.82) is 0 Å². The number of urea groups is 1. The third-order valence-electron chi connectivity index (χ3n) is 5.41. The Kier molecular flexibility index (Phi) is 7.35. The monoisotopic (exact) mass is 512 g/mol. The molecule has 0 saturated carbocycles. The highest BCUT2D eigenvalue weighted by Gasteiger charge is 2.34. The topological polar surface area (TPSA) is 112 Å². The normalized spacial score (nSPS) is 15.2. The lowest BCUT2D eigenvalue weighted by Gasteiger charge is -2.29. The zero-order chi connectivity index (χ0) is 25.8. The van der Waals surface area contributed by atoms with E-state index in [0.717, 1.165) is 0 Å². The molecule has 9 nitrogen and oxygen atoms in total.